The fraction of sp³-hybridized carbons (Fsp3) is 0.316. The fourth-order valence-corrected chi connectivity index (χ4v) is 3.60. The molecule has 0 atom stereocenters. The molecule has 0 bridgehead atoms. The number of carbonyl (C=O) groups excluding carboxylic acids is 1. The zero-order chi connectivity index (χ0) is 19.0. The van der Waals surface area contributed by atoms with Gasteiger partial charge in [0.1, 0.15) is 5.76 Å². The van der Waals surface area contributed by atoms with E-state index in [0.29, 0.717) is 16.9 Å². The minimum Gasteiger partial charge on any atom is -0.478 e. The standard InChI is InChI=1S/C19H21ClO4S/c1-6-8-12(7-2)16-17(24-19(3,4)18(16)21)14-10-9-13(11-15(14)20)25(5,22)23/h6-11H,1-5H3/b8-6-,12-7+. The summed E-state index contributed by atoms with van der Waals surface area (Å²) in [6.07, 6.45) is 6.62. The van der Waals surface area contributed by atoms with Gasteiger partial charge >= 0.3 is 0 Å². The topological polar surface area (TPSA) is 60.4 Å². The van der Waals surface area contributed by atoms with Crippen molar-refractivity contribution in [1.29, 1.82) is 0 Å². The highest BCUT2D eigenvalue weighted by Gasteiger charge is 2.43. The maximum Gasteiger partial charge on any atom is 0.210 e. The molecule has 1 aromatic rings. The van der Waals surface area contributed by atoms with E-state index < -0.39 is 15.4 Å². The fourth-order valence-electron chi connectivity index (χ4n) is 2.62. The van der Waals surface area contributed by atoms with Crippen molar-refractivity contribution in [3.8, 4) is 0 Å². The van der Waals surface area contributed by atoms with Crippen LogP contribution in [-0.2, 0) is 19.4 Å². The molecule has 6 heteroatoms. The summed E-state index contributed by atoms with van der Waals surface area (Å²) in [5.41, 5.74) is 0.655. The number of benzene rings is 1. The first kappa shape index (κ1) is 19.5. The van der Waals surface area contributed by atoms with E-state index >= 15 is 0 Å². The van der Waals surface area contributed by atoms with Gasteiger partial charge in [-0.15, -0.1) is 0 Å². The summed E-state index contributed by atoms with van der Waals surface area (Å²) >= 11 is 6.32. The first-order valence-corrected chi connectivity index (χ1v) is 10.1. The number of halogens is 1. The third-order valence-electron chi connectivity index (χ3n) is 3.92. The van der Waals surface area contributed by atoms with Crippen LogP contribution in [0.3, 0.4) is 0 Å². The Bertz CT molecular complexity index is 919. The highest BCUT2D eigenvalue weighted by atomic mass is 35.5. The van der Waals surface area contributed by atoms with E-state index in [-0.39, 0.29) is 15.7 Å². The molecule has 134 valence electrons. The van der Waals surface area contributed by atoms with E-state index in [1.807, 2.05) is 32.1 Å². The first-order valence-electron chi connectivity index (χ1n) is 7.80. The molecular formula is C19H21ClO4S. The molecule has 0 N–H and O–H groups in total. The van der Waals surface area contributed by atoms with Crippen LogP contribution in [0.2, 0.25) is 5.02 Å². The number of rotatable bonds is 4. The Balaban J connectivity index is 2.72. The Morgan fingerprint density at radius 3 is 2.36 bits per heavy atom. The van der Waals surface area contributed by atoms with Crippen molar-refractivity contribution in [2.75, 3.05) is 6.26 Å². The molecule has 0 aromatic heterocycles. The molecule has 0 amide bonds. The van der Waals surface area contributed by atoms with Gasteiger partial charge in [-0.25, -0.2) is 8.42 Å². The highest BCUT2D eigenvalue weighted by molar-refractivity contribution is 7.90. The summed E-state index contributed by atoms with van der Waals surface area (Å²) < 4.78 is 29.3. The van der Waals surface area contributed by atoms with E-state index in [1.165, 1.54) is 12.1 Å². The van der Waals surface area contributed by atoms with Gasteiger partial charge in [0.15, 0.2) is 15.4 Å². The lowest BCUT2D eigenvalue weighted by molar-refractivity contribution is -0.126. The maximum absolute atomic E-state index is 12.8. The summed E-state index contributed by atoms with van der Waals surface area (Å²) in [5, 5.41) is 0.219. The lowest BCUT2D eigenvalue weighted by Crippen LogP contribution is -2.29. The Hall–Kier alpha value is -1.85. The maximum atomic E-state index is 12.8. The molecule has 1 heterocycles. The molecule has 1 aliphatic rings. The summed E-state index contributed by atoms with van der Waals surface area (Å²) in [6.45, 7) is 7.10. The summed E-state index contributed by atoms with van der Waals surface area (Å²) in [5.74, 6) is 0.225. The van der Waals surface area contributed by atoms with E-state index in [0.717, 1.165) is 11.8 Å². The van der Waals surface area contributed by atoms with Gasteiger partial charge in [-0.3, -0.25) is 4.79 Å². The van der Waals surface area contributed by atoms with Crippen LogP contribution < -0.4 is 0 Å². The number of ketones is 1. The number of hydrogen-bond acceptors (Lipinski definition) is 4. The Morgan fingerprint density at radius 1 is 1.24 bits per heavy atom. The third kappa shape index (κ3) is 3.72. The van der Waals surface area contributed by atoms with Crippen LogP contribution in [0.25, 0.3) is 5.76 Å². The minimum atomic E-state index is -3.37. The van der Waals surface area contributed by atoms with Crippen LogP contribution >= 0.6 is 11.6 Å². The Kier molecular flexibility index (Phi) is 5.30. The minimum absolute atomic E-state index is 0.117. The molecule has 1 aromatic carbocycles. The van der Waals surface area contributed by atoms with Crippen molar-refractivity contribution in [2.45, 2.75) is 38.2 Å². The lowest BCUT2D eigenvalue weighted by atomic mass is 9.92. The van der Waals surface area contributed by atoms with Crippen molar-refractivity contribution in [1.82, 2.24) is 0 Å². The molecule has 0 fully saturated rings. The molecule has 25 heavy (non-hydrogen) atoms. The van der Waals surface area contributed by atoms with Gasteiger partial charge in [0, 0.05) is 11.8 Å². The second-order valence-electron chi connectivity index (χ2n) is 6.30. The molecule has 0 aliphatic carbocycles. The molecule has 4 nitrogen and oxygen atoms in total. The van der Waals surface area contributed by atoms with Crippen molar-refractivity contribution in [3.05, 3.63) is 58.2 Å². The van der Waals surface area contributed by atoms with Crippen molar-refractivity contribution < 1.29 is 17.9 Å². The van der Waals surface area contributed by atoms with Crippen molar-refractivity contribution >= 4 is 33.0 Å². The zero-order valence-corrected chi connectivity index (χ0v) is 16.5. The highest BCUT2D eigenvalue weighted by Crippen LogP contribution is 2.42. The number of allylic oxidation sites excluding steroid dienone is 4. The van der Waals surface area contributed by atoms with Gasteiger partial charge in [0.25, 0.3) is 0 Å². The van der Waals surface area contributed by atoms with Crippen molar-refractivity contribution in [2.24, 2.45) is 0 Å². The average Bonchev–Trinajstić information content (AvgIpc) is 2.74. The van der Waals surface area contributed by atoms with Gasteiger partial charge in [0.05, 0.1) is 15.5 Å². The van der Waals surface area contributed by atoms with Crippen LogP contribution in [0.4, 0.5) is 0 Å². The third-order valence-corrected chi connectivity index (χ3v) is 5.34. The van der Waals surface area contributed by atoms with Gasteiger partial charge in [0.2, 0.25) is 5.78 Å². The van der Waals surface area contributed by atoms with Crippen LogP contribution in [0.1, 0.15) is 33.3 Å². The predicted octanol–water partition coefficient (Wildman–Crippen LogP) is 4.35. The number of sulfone groups is 1. The molecule has 0 saturated carbocycles. The van der Waals surface area contributed by atoms with Crippen LogP contribution in [0.5, 0.6) is 0 Å². The number of carbonyl (C=O) groups is 1. The van der Waals surface area contributed by atoms with E-state index in [9.17, 15) is 13.2 Å². The van der Waals surface area contributed by atoms with E-state index in [4.69, 9.17) is 16.3 Å². The largest absolute Gasteiger partial charge is 0.478 e. The monoisotopic (exact) mass is 380 g/mol. The van der Waals surface area contributed by atoms with Crippen LogP contribution in [0, 0.1) is 0 Å². The molecule has 1 aliphatic heterocycles. The predicted molar refractivity (Wildman–Crippen MR) is 100 cm³/mol. The molecular weight excluding hydrogens is 360 g/mol. The Labute approximate surface area is 153 Å². The van der Waals surface area contributed by atoms with Gasteiger partial charge in [-0.05, 0) is 51.5 Å². The van der Waals surface area contributed by atoms with Gasteiger partial charge in [-0.2, -0.15) is 0 Å². The molecule has 0 radical (unpaired) electrons. The molecule has 2 rings (SSSR count). The van der Waals surface area contributed by atoms with Crippen LogP contribution in [-0.4, -0.2) is 26.1 Å². The number of ether oxygens (including phenoxy) is 1. The first-order chi connectivity index (χ1) is 11.5. The molecule has 0 unspecified atom stereocenters. The average molecular weight is 381 g/mol. The second-order valence-corrected chi connectivity index (χ2v) is 8.73. The number of hydrogen-bond donors (Lipinski definition) is 0. The molecule has 0 spiro atoms. The Morgan fingerprint density at radius 2 is 1.88 bits per heavy atom. The van der Waals surface area contributed by atoms with Gasteiger partial charge < -0.3 is 4.74 Å². The smallest absolute Gasteiger partial charge is 0.210 e. The lowest BCUT2D eigenvalue weighted by Gasteiger charge is -2.18. The summed E-state index contributed by atoms with van der Waals surface area (Å²) in [7, 11) is -3.37. The van der Waals surface area contributed by atoms with E-state index in [2.05, 4.69) is 0 Å². The number of Topliss-reactive ketones (excluding diaryl/α,β-unsaturated/α-hetero) is 1. The normalized spacial score (nSPS) is 18.2. The van der Waals surface area contributed by atoms with Crippen molar-refractivity contribution in [3.63, 3.8) is 0 Å². The SMILES string of the molecule is C/C=C\C(=C/C)C1=C(c2ccc(S(C)(=O)=O)cc2Cl)OC(C)(C)C1=O. The van der Waals surface area contributed by atoms with Gasteiger partial charge in [-0.1, -0.05) is 29.8 Å². The van der Waals surface area contributed by atoms with E-state index in [1.54, 1.807) is 19.9 Å². The summed E-state index contributed by atoms with van der Waals surface area (Å²) in [6, 6.07) is 4.41. The van der Waals surface area contributed by atoms with Crippen LogP contribution in [0.15, 0.2) is 52.5 Å². The molecule has 0 saturated heterocycles. The zero-order valence-electron chi connectivity index (χ0n) is 14.9. The quantitative estimate of drug-likeness (QED) is 0.728. The summed E-state index contributed by atoms with van der Waals surface area (Å²) in [4.78, 5) is 12.9. The second kappa shape index (κ2) is 6.81.